The highest BCUT2D eigenvalue weighted by atomic mass is 15.2. The van der Waals surface area contributed by atoms with Gasteiger partial charge in [0.15, 0.2) is 0 Å². The maximum absolute atomic E-state index is 4.80. The number of anilines is 2. The highest BCUT2D eigenvalue weighted by Crippen LogP contribution is 2.28. The number of benzene rings is 2. The lowest BCUT2D eigenvalue weighted by Gasteiger charge is -2.29. The molecule has 31 heavy (non-hydrogen) atoms. The van der Waals surface area contributed by atoms with Crippen molar-refractivity contribution in [3.05, 3.63) is 59.7 Å². The minimum absolute atomic E-state index is 0.458. The summed E-state index contributed by atoms with van der Waals surface area (Å²) in [5, 5.41) is 8.38. The lowest BCUT2D eigenvalue weighted by atomic mass is 9.86. The molecule has 0 saturated heterocycles. The van der Waals surface area contributed by atoms with Crippen LogP contribution in [0.5, 0.6) is 0 Å². The lowest BCUT2D eigenvalue weighted by molar-refractivity contribution is 0.325. The van der Waals surface area contributed by atoms with Gasteiger partial charge in [-0.15, -0.1) is 0 Å². The van der Waals surface area contributed by atoms with Crippen LogP contribution in [0, 0.1) is 12.8 Å². The molecular formula is C26H35N5. The molecule has 1 aliphatic rings. The molecule has 1 fully saturated rings. The van der Waals surface area contributed by atoms with Crippen LogP contribution in [-0.4, -0.2) is 43.2 Å². The number of nitrogens with one attached hydrogen (secondary N) is 2. The summed E-state index contributed by atoms with van der Waals surface area (Å²) in [5.74, 6) is 2.49. The normalized spacial score (nSPS) is 18.8. The van der Waals surface area contributed by atoms with E-state index in [4.69, 9.17) is 9.97 Å². The Labute approximate surface area is 186 Å². The van der Waals surface area contributed by atoms with Crippen LogP contribution in [-0.2, 0) is 6.42 Å². The van der Waals surface area contributed by atoms with Crippen molar-refractivity contribution >= 4 is 22.7 Å². The summed E-state index contributed by atoms with van der Waals surface area (Å²) in [5.41, 5.74) is 3.74. The van der Waals surface area contributed by atoms with Crippen molar-refractivity contribution in [1.29, 1.82) is 0 Å². The van der Waals surface area contributed by atoms with Crippen LogP contribution in [0.3, 0.4) is 0 Å². The van der Waals surface area contributed by atoms with Gasteiger partial charge in [-0.3, -0.25) is 0 Å². The molecule has 1 aromatic heterocycles. The van der Waals surface area contributed by atoms with Gasteiger partial charge in [-0.25, -0.2) is 4.98 Å². The third-order valence-corrected chi connectivity index (χ3v) is 6.33. The zero-order valence-corrected chi connectivity index (χ0v) is 19.1. The molecule has 0 unspecified atom stereocenters. The van der Waals surface area contributed by atoms with Gasteiger partial charge < -0.3 is 15.5 Å². The highest BCUT2D eigenvalue weighted by Gasteiger charge is 2.22. The van der Waals surface area contributed by atoms with Crippen molar-refractivity contribution in [1.82, 2.24) is 15.3 Å². The number of nitrogens with zero attached hydrogens (tertiary/aromatic N) is 3. The fraction of sp³-hybridized carbons (Fsp3) is 0.462. The number of fused-ring (bicyclic) bond motifs is 1. The van der Waals surface area contributed by atoms with E-state index >= 15 is 0 Å². The molecule has 1 aliphatic carbocycles. The van der Waals surface area contributed by atoms with Crippen LogP contribution in [0.25, 0.3) is 10.9 Å². The van der Waals surface area contributed by atoms with Crippen LogP contribution in [0.2, 0.25) is 0 Å². The van der Waals surface area contributed by atoms with E-state index < -0.39 is 0 Å². The molecule has 2 N–H and O–H groups in total. The summed E-state index contributed by atoms with van der Waals surface area (Å²) in [6.45, 7) is 4.32. The molecule has 0 radical (unpaired) electrons. The van der Waals surface area contributed by atoms with E-state index in [1.54, 1.807) is 0 Å². The fourth-order valence-electron chi connectivity index (χ4n) is 4.45. The Kier molecular flexibility index (Phi) is 7.03. The average Bonchev–Trinajstić information content (AvgIpc) is 2.78. The van der Waals surface area contributed by atoms with E-state index in [9.17, 15) is 0 Å². The zero-order valence-electron chi connectivity index (χ0n) is 19.1. The van der Waals surface area contributed by atoms with Gasteiger partial charge in [-0.1, -0.05) is 42.0 Å². The summed E-state index contributed by atoms with van der Waals surface area (Å²) in [6.07, 6.45) is 5.97. The predicted octanol–water partition coefficient (Wildman–Crippen LogP) is 4.81. The first-order chi connectivity index (χ1) is 15.1. The van der Waals surface area contributed by atoms with E-state index in [0.29, 0.717) is 6.04 Å². The quantitative estimate of drug-likeness (QED) is 0.515. The molecule has 3 aromatic rings. The zero-order chi connectivity index (χ0) is 21.6. The van der Waals surface area contributed by atoms with Gasteiger partial charge >= 0.3 is 0 Å². The first kappa shape index (κ1) is 21.6. The monoisotopic (exact) mass is 417 g/mol. The van der Waals surface area contributed by atoms with E-state index in [0.717, 1.165) is 48.1 Å². The second kappa shape index (κ2) is 10.1. The van der Waals surface area contributed by atoms with Gasteiger partial charge in [0.2, 0.25) is 5.95 Å². The third kappa shape index (κ3) is 5.73. The molecule has 2 aromatic carbocycles. The SMILES string of the molecule is Cc1ccc(CCNC[C@H]2CC[C@@H](Nc3nc(N(C)C)c4ccccc4n3)CC2)cc1. The first-order valence-electron chi connectivity index (χ1n) is 11.6. The molecule has 4 rings (SSSR count). The molecule has 1 saturated carbocycles. The highest BCUT2D eigenvalue weighted by molar-refractivity contribution is 5.90. The van der Waals surface area contributed by atoms with Crippen LogP contribution in [0.1, 0.15) is 36.8 Å². The lowest BCUT2D eigenvalue weighted by Crippen LogP contribution is -2.32. The molecule has 1 heterocycles. The van der Waals surface area contributed by atoms with Crippen LogP contribution in [0.4, 0.5) is 11.8 Å². The van der Waals surface area contributed by atoms with E-state index in [-0.39, 0.29) is 0 Å². The Balaban J connectivity index is 1.24. The van der Waals surface area contributed by atoms with Gasteiger partial charge in [-0.2, -0.15) is 4.98 Å². The topological polar surface area (TPSA) is 53.1 Å². The molecule has 0 amide bonds. The molecule has 164 valence electrons. The van der Waals surface area contributed by atoms with Crippen molar-refractivity contribution < 1.29 is 0 Å². The maximum Gasteiger partial charge on any atom is 0.225 e. The molecule has 0 spiro atoms. The summed E-state index contributed by atoms with van der Waals surface area (Å²) in [4.78, 5) is 11.6. The van der Waals surface area contributed by atoms with Crippen molar-refractivity contribution in [3.63, 3.8) is 0 Å². The number of aryl methyl sites for hydroxylation is 1. The molecule has 0 aliphatic heterocycles. The van der Waals surface area contributed by atoms with Crippen LogP contribution < -0.4 is 15.5 Å². The van der Waals surface area contributed by atoms with Crippen molar-refractivity contribution in [2.45, 2.75) is 45.1 Å². The van der Waals surface area contributed by atoms with Crippen LogP contribution in [0.15, 0.2) is 48.5 Å². The van der Waals surface area contributed by atoms with Gasteiger partial charge in [0.05, 0.1) is 5.52 Å². The predicted molar refractivity (Wildman–Crippen MR) is 131 cm³/mol. The van der Waals surface area contributed by atoms with Gasteiger partial charge in [0, 0.05) is 25.5 Å². The number of rotatable bonds is 8. The number of aromatic nitrogens is 2. The smallest absolute Gasteiger partial charge is 0.225 e. The fourth-order valence-corrected chi connectivity index (χ4v) is 4.45. The Bertz CT molecular complexity index is 975. The Hall–Kier alpha value is -2.66. The van der Waals surface area contributed by atoms with Crippen LogP contribution >= 0.6 is 0 Å². The van der Waals surface area contributed by atoms with E-state index in [2.05, 4.69) is 58.9 Å². The van der Waals surface area contributed by atoms with Crippen molar-refractivity contribution in [2.24, 2.45) is 5.92 Å². The molecule has 5 nitrogen and oxygen atoms in total. The molecular weight excluding hydrogens is 382 g/mol. The number of hydrogen-bond acceptors (Lipinski definition) is 5. The van der Waals surface area contributed by atoms with E-state index in [1.165, 1.54) is 36.8 Å². The summed E-state index contributed by atoms with van der Waals surface area (Å²) in [6, 6.07) is 17.6. The standard InChI is InChI=1S/C26H35N5/c1-19-8-10-20(11-9-19)16-17-27-18-21-12-14-22(15-13-21)28-26-29-24-7-5-4-6-23(24)25(30-26)31(2)3/h4-11,21-22,27H,12-18H2,1-3H3,(H,28,29,30)/t21-,22+. The first-order valence-corrected chi connectivity index (χ1v) is 11.6. The molecule has 0 bridgehead atoms. The Morgan fingerprint density at radius 2 is 1.68 bits per heavy atom. The second-order valence-corrected chi connectivity index (χ2v) is 9.08. The van der Waals surface area contributed by atoms with Gasteiger partial charge in [-0.05, 0) is 75.7 Å². The second-order valence-electron chi connectivity index (χ2n) is 9.08. The minimum Gasteiger partial charge on any atom is -0.362 e. The third-order valence-electron chi connectivity index (χ3n) is 6.33. The summed E-state index contributed by atoms with van der Waals surface area (Å²) in [7, 11) is 4.07. The minimum atomic E-state index is 0.458. The van der Waals surface area contributed by atoms with Gasteiger partial charge in [0.25, 0.3) is 0 Å². The largest absolute Gasteiger partial charge is 0.362 e. The number of para-hydroxylation sites is 1. The number of hydrogen-bond donors (Lipinski definition) is 2. The van der Waals surface area contributed by atoms with Crippen molar-refractivity contribution in [3.8, 4) is 0 Å². The summed E-state index contributed by atoms with van der Waals surface area (Å²) >= 11 is 0. The van der Waals surface area contributed by atoms with Crippen molar-refractivity contribution in [2.75, 3.05) is 37.4 Å². The Morgan fingerprint density at radius 1 is 0.935 bits per heavy atom. The van der Waals surface area contributed by atoms with Gasteiger partial charge in [0.1, 0.15) is 5.82 Å². The average molecular weight is 418 g/mol. The molecule has 5 heteroatoms. The summed E-state index contributed by atoms with van der Waals surface area (Å²) < 4.78 is 0. The molecule has 0 atom stereocenters. The van der Waals surface area contributed by atoms with E-state index in [1.807, 2.05) is 26.2 Å². The maximum atomic E-state index is 4.80. The Morgan fingerprint density at radius 3 is 2.42 bits per heavy atom.